The summed E-state index contributed by atoms with van der Waals surface area (Å²) in [6.45, 7) is 7.82. The monoisotopic (exact) mass is 248 g/mol. The van der Waals surface area contributed by atoms with Gasteiger partial charge in [-0.15, -0.1) is 0 Å². The van der Waals surface area contributed by atoms with Crippen molar-refractivity contribution in [3.05, 3.63) is 35.4 Å². The van der Waals surface area contributed by atoms with Crippen LogP contribution in [-0.2, 0) is 4.74 Å². The Bertz CT molecular complexity index is 363. The predicted molar refractivity (Wildman–Crippen MR) is 74.6 cm³/mol. The Labute approximate surface area is 110 Å². The standard InChI is InChI=1S/C15H24N2O/c1-12-4-6-14(7-5-12)15(10-16)17-8-3-9-18-13(2)11-17/h4-7,13,15H,3,8-11,16H2,1-2H3. The normalized spacial score (nSPS) is 23.6. The maximum absolute atomic E-state index is 5.99. The van der Waals surface area contributed by atoms with Crippen molar-refractivity contribution in [2.24, 2.45) is 5.73 Å². The molecule has 2 unspecified atom stereocenters. The molecule has 1 aromatic rings. The van der Waals surface area contributed by atoms with Crippen LogP contribution < -0.4 is 5.73 Å². The van der Waals surface area contributed by atoms with Gasteiger partial charge in [0, 0.05) is 32.3 Å². The molecule has 1 saturated heterocycles. The van der Waals surface area contributed by atoms with Crippen molar-refractivity contribution in [1.29, 1.82) is 0 Å². The number of ether oxygens (including phenoxy) is 1. The molecule has 0 saturated carbocycles. The number of hydrogen-bond acceptors (Lipinski definition) is 3. The molecule has 0 radical (unpaired) electrons. The van der Waals surface area contributed by atoms with E-state index in [1.54, 1.807) is 0 Å². The van der Waals surface area contributed by atoms with Gasteiger partial charge < -0.3 is 10.5 Å². The first kappa shape index (κ1) is 13.5. The third-order valence-corrected chi connectivity index (χ3v) is 3.61. The van der Waals surface area contributed by atoms with Gasteiger partial charge in [-0.05, 0) is 25.8 Å². The summed E-state index contributed by atoms with van der Waals surface area (Å²) in [6, 6.07) is 9.03. The van der Waals surface area contributed by atoms with Crippen LogP contribution in [0.15, 0.2) is 24.3 Å². The van der Waals surface area contributed by atoms with Gasteiger partial charge in [-0.1, -0.05) is 29.8 Å². The van der Waals surface area contributed by atoms with Crippen molar-refractivity contribution in [3.8, 4) is 0 Å². The maximum Gasteiger partial charge on any atom is 0.0674 e. The number of nitrogens with zero attached hydrogens (tertiary/aromatic N) is 1. The van der Waals surface area contributed by atoms with E-state index in [1.807, 2.05) is 0 Å². The van der Waals surface area contributed by atoms with Gasteiger partial charge in [-0.2, -0.15) is 0 Å². The largest absolute Gasteiger partial charge is 0.377 e. The molecular weight excluding hydrogens is 224 g/mol. The Balaban J connectivity index is 2.13. The molecule has 1 aromatic carbocycles. The average Bonchev–Trinajstić information content (AvgIpc) is 2.57. The smallest absolute Gasteiger partial charge is 0.0674 e. The zero-order valence-electron chi connectivity index (χ0n) is 11.4. The zero-order chi connectivity index (χ0) is 13.0. The highest BCUT2D eigenvalue weighted by molar-refractivity contribution is 5.24. The topological polar surface area (TPSA) is 38.5 Å². The number of nitrogens with two attached hydrogens (primary N) is 1. The minimum absolute atomic E-state index is 0.298. The lowest BCUT2D eigenvalue weighted by atomic mass is 10.0. The van der Waals surface area contributed by atoms with Crippen LogP contribution in [0.1, 0.15) is 30.5 Å². The van der Waals surface area contributed by atoms with Crippen LogP contribution in [0, 0.1) is 6.92 Å². The minimum Gasteiger partial charge on any atom is -0.377 e. The molecular formula is C15H24N2O. The summed E-state index contributed by atoms with van der Waals surface area (Å²) >= 11 is 0. The fraction of sp³-hybridized carbons (Fsp3) is 0.600. The highest BCUT2D eigenvalue weighted by atomic mass is 16.5. The van der Waals surface area contributed by atoms with Gasteiger partial charge in [-0.3, -0.25) is 4.90 Å². The van der Waals surface area contributed by atoms with Crippen molar-refractivity contribution >= 4 is 0 Å². The zero-order valence-corrected chi connectivity index (χ0v) is 11.4. The van der Waals surface area contributed by atoms with Crippen molar-refractivity contribution in [1.82, 2.24) is 4.90 Å². The molecule has 100 valence electrons. The summed E-state index contributed by atoms with van der Waals surface area (Å²) < 4.78 is 5.70. The molecule has 2 rings (SSSR count). The second kappa shape index (κ2) is 6.32. The molecule has 0 amide bonds. The average molecular weight is 248 g/mol. The van der Waals surface area contributed by atoms with E-state index in [1.165, 1.54) is 11.1 Å². The van der Waals surface area contributed by atoms with Crippen LogP contribution in [0.25, 0.3) is 0 Å². The summed E-state index contributed by atoms with van der Waals surface area (Å²) in [5.74, 6) is 0. The summed E-state index contributed by atoms with van der Waals surface area (Å²) in [5.41, 5.74) is 8.60. The lowest BCUT2D eigenvalue weighted by Crippen LogP contribution is -2.37. The SMILES string of the molecule is Cc1ccc(C(CN)N2CCCOC(C)C2)cc1. The first-order valence-electron chi connectivity index (χ1n) is 6.83. The van der Waals surface area contributed by atoms with E-state index < -0.39 is 0 Å². The van der Waals surface area contributed by atoms with E-state index in [0.29, 0.717) is 18.7 Å². The molecule has 1 aliphatic rings. The minimum atomic E-state index is 0.298. The Morgan fingerprint density at radius 3 is 2.78 bits per heavy atom. The molecule has 2 atom stereocenters. The summed E-state index contributed by atoms with van der Waals surface area (Å²) in [4.78, 5) is 2.46. The Morgan fingerprint density at radius 2 is 2.11 bits per heavy atom. The van der Waals surface area contributed by atoms with E-state index in [-0.39, 0.29) is 0 Å². The Morgan fingerprint density at radius 1 is 1.39 bits per heavy atom. The fourth-order valence-electron chi connectivity index (χ4n) is 2.59. The van der Waals surface area contributed by atoms with Crippen molar-refractivity contribution < 1.29 is 4.74 Å². The Hall–Kier alpha value is -0.900. The second-order valence-electron chi connectivity index (χ2n) is 5.19. The van der Waals surface area contributed by atoms with Gasteiger partial charge in [0.25, 0.3) is 0 Å². The Kier molecular flexibility index (Phi) is 4.75. The van der Waals surface area contributed by atoms with E-state index >= 15 is 0 Å². The van der Waals surface area contributed by atoms with Crippen LogP contribution in [0.2, 0.25) is 0 Å². The molecule has 0 spiro atoms. The number of hydrogen-bond donors (Lipinski definition) is 1. The number of rotatable bonds is 3. The van der Waals surface area contributed by atoms with E-state index in [4.69, 9.17) is 10.5 Å². The molecule has 0 aromatic heterocycles. The van der Waals surface area contributed by atoms with Gasteiger partial charge in [0.15, 0.2) is 0 Å². The highest BCUT2D eigenvalue weighted by Gasteiger charge is 2.23. The highest BCUT2D eigenvalue weighted by Crippen LogP contribution is 2.22. The van der Waals surface area contributed by atoms with Crippen LogP contribution in [0.3, 0.4) is 0 Å². The summed E-state index contributed by atoms with van der Waals surface area (Å²) in [7, 11) is 0. The molecule has 1 aliphatic heterocycles. The lowest BCUT2D eigenvalue weighted by molar-refractivity contribution is 0.0612. The van der Waals surface area contributed by atoms with Crippen LogP contribution in [-0.4, -0.2) is 37.2 Å². The van der Waals surface area contributed by atoms with E-state index in [2.05, 4.69) is 43.0 Å². The lowest BCUT2D eigenvalue weighted by Gasteiger charge is -2.31. The van der Waals surface area contributed by atoms with Gasteiger partial charge in [0.2, 0.25) is 0 Å². The number of aryl methyl sites for hydroxylation is 1. The van der Waals surface area contributed by atoms with Gasteiger partial charge in [-0.25, -0.2) is 0 Å². The maximum atomic E-state index is 5.99. The molecule has 1 heterocycles. The quantitative estimate of drug-likeness (QED) is 0.890. The first-order valence-corrected chi connectivity index (χ1v) is 6.83. The van der Waals surface area contributed by atoms with Crippen LogP contribution in [0.5, 0.6) is 0 Å². The fourth-order valence-corrected chi connectivity index (χ4v) is 2.59. The second-order valence-corrected chi connectivity index (χ2v) is 5.19. The van der Waals surface area contributed by atoms with E-state index in [0.717, 1.165) is 26.1 Å². The summed E-state index contributed by atoms with van der Waals surface area (Å²) in [5, 5.41) is 0. The van der Waals surface area contributed by atoms with Crippen molar-refractivity contribution in [3.63, 3.8) is 0 Å². The van der Waals surface area contributed by atoms with Gasteiger partial charge in [0.1, 0.15) is 0 Å². The molecule has 3 heteroatoms. The summed E-state index contributed by atoms with van der Waals surface area (Å²) in [6.07, 6.45) is 1.39. The molecule has 0 bridgehead atoms. The third kappa shape index (κ3) is 3.31. The van der Waals surface area contributed by atoms with Crippen molar-refractivity contribution in [2.45, 2.75) is 32.4 Å². The van der Waals surface area contributed by atoms with Gasteiger partial charge in [0.05, 0.1) is 6.10 Å². The molecule has 18 heavy (non-hydrogen) atoms. The van der Waals surface area contributed by atoms with E-state index in [9.17, 15) is 0 Å². The first-order chi connectivity index (χ1) is 8.70. The predicted octanol–water partition coefficient (Wildman–Crippen LogP) is 2.11. The van der Waals surface area contributed by atoms with Crippen LogP contribution >= 0.6 is 0 Å². The molecule has 2 N–H and O–H groups in total. The van der Waals surface area contributed by atoms with Crippen LogP contribution in [0.4, 0.5) is 0 Å². The molecule has 0 aliphatic carbocycles. The van der Waals surface area contributed by atoms with Gasteiger partial charge >= 0.3 is 0 Å². The molecule has 3 nitrogen and oxygen atoms in total. The number of benzene rings is 1. The van der Waals surface area contributed by atoms with Crippen molar-refractivity contribution in [2.75, 3.05) is 26.2 Å². The molecule has 1 fully saturated rings. The third-order valence-electron chi connectivity index (χ3n) is 3.61.